The average molecular weight is 405 g/mol. The molecule has 2 aliphatic heterocycles. The van der Waals surface area contributed by atoms with Crippen molar-refractivity contribution in [3.63, 3.8) is 0 Å². The Kier molecular flexibility index (Phi) is 5.55. The summed E-state index contributed by atoms with van der Waals surface area (Å²) in [5, 5.41) is 3.13. The van der Waals surface area contributed by atoms with E-state index in [-0.39, 0.29) is 10.8 Å². The normalized spacial score (nSPS) is 20.2. The third-order valence-electron chi connectivity index (χ3n) is 5.77. The summed E-state index contributed by atoms with van der Waals surface area (Å²) in [5.41, 5.74) is 2.56. The van der Waals surface area contributed by atoms with E-state index in [1.807, 2.05) is 6.07 Å². The minimum atomic E-state index is -3.57. The number of rotatable bonds is 4. The zero-order valence-corrected chi connectivity index (χ0v) is 16.8. The number of nitrogens with one attached hydrogen (secondary N) is 1. The van der Waals surface area contributed by atoms with Crippen molar-refractivity contribution in [2.75, 3.05) is 19.6 Å². The maximum atomic E-state index is 13.7. The Labute approximate surface area is 166 Å². The number of nitrogens with zero attached hydrogens (tertiary/aromatic N) is 1. The number of hydrogen-bond acceptors (Lipinski definition) is 4. The smallest absolute Gasteiger partial charge is 0.196 e. The third kappa shape index (κ3) is 3.79. The fraction of sp³-hybridized carbons (Fsp3) is 0.429. The van der Waals surface area contributed by atoms with Gasteiger partial charge in [0.25, 0.3) is 0 Å². The maximum Gasteiger partial charge on any atom is 0.196 e. The Bertz CT molecular complexity index is 910. The van der Waals surface area contributed by atoms with E-state index in [0.29, 0.717) is 11.6 Å². The molecule has 27 heavy (non-hydrogen) atoms. The van der Waals surface area contributed by atoms with Crippen LogP contribution < -0.4 is 5.32 Å². The predicted molar refractivity (Wildman–Crippen MR) is 109 cm³/mol. The Hall–Kier alpha value is -1.40. The SMILES string of the molecule is O=S(=O)(c1ccccc1Cl)C(C1CCNCC1)N1CCc2ccccc2C1. The van der Waals surface area contributed by atoms with E-state index in [1.165, 1.54) is 11.1 Å². The fourth-order valence-corrected chi connectivity index (χ4v) is 7.10. The third-order valence-corrected chi connectivity index (χ3v) is 8.50. The molecule has 1 unspecified atom stereocenters. The van der Waals surface area contributed by atoms with Gasteiger partial charge in [0, 0.05) is 13.1 Å². The van der Waals surface area contributed by atoms with Crippen molar-refractivity contribution in [3.05, 3.63) is 64.7 Å². The van der Waals surface area contributed by atoms with Gasteiger partial charge in [-0.1, -0.05) is 48.0 Å². The standard InChI is InChI=1S/C21H25ClN2O2S/c22-19-7-3-4-8-20(19)27(25,26)21(17-9-12-23-13-10-17)24-14-11-16-5-1-2-6-18(16)15-24/h1-8,17,21,23H,9-15H2. The first-order valence-corrected chi connectivity index (χ1v) is 11.5. The molecule has 6 heteroatoms. The lowest BCUT2D eigenvalue weighted by Crippen LogP contribution is -2.50. The largest absolute Gasteiger partial charge is 0.317 e. The molecule has 2 aromatic carbocycles. The van der Waals surface area contributed by atoms with E-state index in [2.05, 4.69) is 28.4 Å². The number of sulfone groups is 1. The van der Waals surface area contributed by atoms with Crippen LogP contribution in [0, 0.1) is 5.92 Å². The lowest BCUT2D eigenvalue weighted by molar-refractivity contribution is 0.159. The Morgan fingerprint density at radius 1 is 1.00 bits per heavy atom. The summed E-state index contributed by atoms with van der Waals surface area (Å²) in [5.74, 6) is 0.109. The average Bonchev–Trinajstić information content (AvgIpc) is 2.69. The van der Waals surface area contributed by atoms with Gasteiger partial charge >= 0.3 is 0 Å². The van der Waals surface area contributed by atoms with Gasteiger partial charge in [-0.25, -0.2) is 8.42 Å². The van der Waals surface area contributed by atoms with Gasteiger partial charge in [-0.05, 0) is 61.5 Å². The lowest BCUT2D eigenvalue weighted by atomic mass is 9.94. The van der Waals surface area contributed by atoms with Gasteiger partial charge in [0.15, 0.2) is 9.84 Å². The monoisotopic (exact) mass is 404 g/mol. The molecule has 0 aromatic heterocycles. The van der Waals surface area contributed by atoms with E-state index in [1.54, 1.807) is 24.3 Å². The molecule has 0 saturated carbocycles. The highest BCUT2D eigenvalue weighted by Gasteiger charge is 2.41. The minimum Gasteiger partial charge on any atom is -0.317 e. The first-order chi connectivity index (χ1) is 13.1. The molecule has 0 aliphatic carbocycles. The highest BCUT2D eigenvalue weighted by molar-refractivity contribution is 7.92. The van der Waals surface area contributed by atoms with Gasteiger partial charge in [-0.15, -0.1) is 0 Å². The number of fused-ring (bicyclic) bond motifs is 1. The van der Waals surface area contributed by atoms with Crippen molar-refractivity contribution in [1.82, 2.24) is 10.2 Å². The van der Waals surface area contributed by atoms with Crippen LogP contribution in [-0.2, 0) is 22.8 Å². The molecule has 1 atom stereocenters. The Morgan fingerprint density at radius 3 is 2.41 bits per heavy atom. The van der Waals surface area contributed by atoms with Crippen molar-refractivity contribution < 1.29 is 8.42 Å². The predicted octanol–water partition coefficient (Wildman–Crippen LogP) is 3.50. The topological polar surface area (TPSA) is 49.4 Å². The summed E-state index contributed by atoms with van der Waals surface area (Å²) in [6.45, 7) is 3.16. The quantitative estimate of drug-likeness (QED) is 0.847. The van der Waals surface area contributed by atoms with Crippen molar-refractivity contribution in [1.29, 1.82) is 0 Å². The second kappa shape index (κ2) is 7.92. The van der Waals surface area contributed by atoms with E-state index >= 15 is 0 Å². The molecule has 1 fully saturated rings. The van der Waals surface area contributed by atoms with Crippen LogP contribution in [0.2, 0.25) is 5.02 Å². The van der Waals surface area contributed by atoms with Gasteiger partial charge in [0.05, 0.1) is 9.92 Å². The summed E-state index contributed by atoms with van der Waals surface area (Å²) in [4.78, 5) is 2.42. The highest BCUT2D eigenvalue weighted by atomic mass is 35.5. The zero-order valence-electron chi connectivity index (χ0n) is 15.3. The first kappa shape index (κ1) is 18.9. The molecule has 4 rings (SSSR count). The molecule has 2 aromatic rings. The molecular weight excluding hydrogens is 380 g/mol. The van der Waals surface area contributed by atoms with Crippen LogP contribution in [0.5, 0.6) is 0 Å². The van der Waals surface area contributed by atoms with Crippen molar-refractivity contribution >= 4 is 21.4 Å². The first-order valence-electron chi connectivity index (χ1n) is 9.57. The number of piperidine rings is 1. The number of hydrogen-bond donors (Lipinski definition) is 1. The molecule has 0 bridgehead atoms. The van der Waals surface area contributed by atoms with Gasteiger partial charge in [0.1, 0.15) is 5.37 Å². The van der Waals surface area contributed by atoms with Crippen LogP contribution in [0.25, 0.3) is 0 Å². The van der Waals surface area contributed by atoms with Crippen molar-refractivity contribution in [3.8, 4) is 0 Å². The van der Waals surface area contributed by atoms with Crippen LogP contribution >= 0.6 is 11.6 Å². The molecule has 1 saturated heterocycles. The minimum absolute atomic E-state index is 0.109. The molecule has 2 heterocycles. The second-order valence-electron chi connectivity index (χ2n) is 7.44. The Morgan fingerprint density at radius 2 is 1.67 bits per heavy atom. The van der Waals surface area contributed by atoms with Crippen LogP contribution in [0.3, 0.4) is 0 Å². The summed E-state index contributed by atoms with van der Waals surface area (Å²) in [7, 11) is -3.57. The van der Waals surface area contributed by atoms with E-state index in [4.69, 9.17) is 11.6 Å². The van der Waals surface area contributed by atoms with Gasteiger partial charge in [0.2, 0.25) is 0 Å². The van der Waals surface area contributed by atoms with Gasteiger partial charge in [-0.2, -0.15) is 0 Å². The molecular formula is C21H25ClN2O2S. The highest BCUT2D eigenvalue weighted by Crippen LogP contribution is 2.35. The van der Waals surface area contributed by atoms with Gasteiger partial charge in [-0.3, -0.25) is 4.90 Å². The molecule has 2 aliphatic rings. The van der Waals surface area contributed by atoms with E-state index in [0.717, 1.165) is 38.9 Å². The number of benzene rings is 2. The summed E-state index contributed by atoms with van der Waals surface area (Å²) in [6.07, 6.45) is 2.62. The van der Waals surface area contributed by atoms with E-state index in [9.17, 15) is 8.42 Å². The zero-order chi connectivity index (χ0) is 18.9. The summed E-state index contributed by atoms with van der Waals surface area (Å²) in [6, 6.07) is 15.2. The molecule has 1 N–H and O–H groups in total. The second-order valence-corrected chi connectivity index (χ2v) is 9.86. The lowest BCUT2D eigenvalue weighted by Gasteiger charge is -2.40. The fourth-order valence-electron chi connectivity index (χ4n) is 4.42. The molecule has 4 nitrogen and oxygen atoms in total. The Balaban J connectivity index is 1.73. The van der Waals surface area contributed by atoms with Crippen LogP contribution in [0.4, 0.5) is 0 Å². The maximum absolute atomic E-state index is 13.7. The molecule has 144 valence electrons. The van der Waals surface area contributed by atoms with Crippen LogP contribution in [0.1, 0.15) is 24.0 Å². The van der Waals surface area contributed by atoms with E-state index < -0.39 is 15.2 Å². The van der Waals surface area contributed by atoms with Crippen LogP contribution in [-0.4, -0.2) is 38.3 Å². The summed E-state index contributed by atoms with van der Waals surface area (Å²) >= 11 is 6.30. The molecule has 0 radical (unpaired) electrons. The van der Waals surface area contributed by atoms with Crippen molar-refractivity contribution in [2.45, 2.75) is 36.1 Å². The summed E-state index contributed by atoms with van der Waals surface area (Å²) < 4.78 is 27.4. The molecule has 0 spiro atoms. The van der Waals surface area contributed by atoms with Crippen molar-refractivity contribution in [2.24, 2.45) is 5.92 Å². The number of halogens is 1. The molecule has 0 amide bonds. The van der Waals surface area contributed by atoms with Crippen LogP contribution in [0.15, 0.2) is 53.4 Å². The van der Waals surface area contributed by atoms with Gasteiger partial charge < -0.3 is 5.32 Å².